The second-order valence-electron chi connectivity index (χ2n) is 9.30. The summed E-state index contributed by atoms with van der Waals surface area (Å²) >= 11 is 0. The molecule has 3 aromatic heterocycles. The van der Waals surface area contributed by atoms with E-state index in [0.29, 0.717) is 40.3 Å². The second kappa shape index (κ2) is 8.97. The summed E-state index contributed by atoms with van der Waals surface area (Å²) in [6.07, 6.45) is -2.64. The van der Waals surface area contributed by atoms with Gasteiger partial charge >= 0.3 is 11.9 Å². The summed E-state index contributed by atoms with van der Waals surface area (Å²) in [4.78, 5) is 18.4. The highest BCUT2D eigenvalue weighted by molar-refractivity contribution is 5.99. The summed E-state index contributed by atoms with van der Waals surface area (Å²) in [6.45, 7) is 3.57. The highest BCUT2D eigenvalue weighted by Crippen LogP contribution is 2.41. The van der Waals surface area contributed by atoms with Crippen LogP contribution in [0.25, 0.3) is 16.8 Å². The molecule has 0 atom stereocenters. The summed E-state index contributed by atoms with van der Waals surface area (Å²) in [5.41, 5.74) is 4.43. The fourth-order valence-electron chi connectivity index (χ4n) is 5.01. The zero-order valence-electron chi connectivity index (χ0n) is 20.7. The quantitative estimate of drug-likeness (QED) is 0.289. The van der Waals surface area contributed by atoms with E-state index >= 15 is 0 Å². The summed E-state index contributed by atoms with van der Waals surface area (Å²) < 4.78 is 66.9. The van der Waals surface area contributed by atoms with E-state index in [-0.39, 0.29) is 18.1 Å². The number of aromatic nitrogens is 4. The molecular weight excluding hydrogens is 516 g/mol. The third kappa shape index (κ3) is 4.29. The van der Waals surface area contributed by atoms with Crippen molar-refractivity contribution in [1.82, 2.24) is 19.5 Å². The zero-order valence-corrected chi connectivity index (χ0v) is 20.7. The van der Waals surface area contributed by atoms with Crippen LogP contribution in [0, 0.1) is 12.7 Å². The van der Waals surface area contributed by atoms with Gasteiger partial charge in [-0.05, 0) is 60.4 Å². The van der Waals surface area contributed by atoms with Gasteiger partial charge in [0.25, 0.3) is 0 Å². The lowest BCUT2D eigenvalue weighted by molar-refractivity contribution is -0.136. The Morgan fingerprint density at radius 2 is 1.92 bits per heavy atom. The number of allylic oxidation sites excluding steroid dienone is 1. The Bertz CT molecular complexity index is 1850. The van der Waals surface area contributed by atoms with Crippen molar-refractivity contribution in [1.29, 1.82) is 0 Å². The molecule has 4 heterocycles. The fraction of sp³-hybridized carbons (Fsp3) is 0.179. The smallest absolute Gasteiger partial charge is 0.439 e. The van der Waals surface area contributed by atoms with Crippen molar-refractivity contribution in [3.63, 3.8) is 0 Å². The van der Waals surface area contributed by atoms with Gasteiger partial charge in [-0.1, -0.05) is 23.4 Å². The number of fused-ring (bicyclic) bond motifs is 3. The standard InChI is InChI=1S/C28H20F4N4O3/c1-14(25-34-27(37)39-35-25)24-19-7-5-16(10-17(19)13-38-23-12-18(29)6-8-20(23)24)11-22-15(2)33-26-21(28(30,31)32)4-3-9-36(22)26/h3-10,12H,11,13H2,1-2H3,(H,34,35,37)/b24-14-. The van der Waals surface area contributed by atoms with Crippen molar-refractivity contribution in [3.05, 3.63) is 116 Å². The second-order valence-corrected chi connectivity index (χ2v) is 9.30. The van der Waals surface area contributed by atoms with Gasteiger partial charge in [0.2, 0.25) is 0 Å². The maximum atomic E-state index is 14.1. The van der Waals surface area contributed by atoms with E-state index in [1.165, 1.54) is 22.6 Å². The molecule has 1 N–H and O–H groups in total. The van der Waals surface area contributed by atoms with Crippen molar-refractivity contribution < 1.29 is 26.8 Å². The molecule has 6 rings (SSSR count). The Balaban J connectivity index is 1.47. The van der Waals surface area contributed by atoms with Crippen LogP contribution in [0.1, 0.15) is 52.0 Å². The van der Waals surface area contributed by atoms with Crippen LogP contribution < -0.4 is 10.5 Å². The number of aryl methyl sites for hydroxylation is 1. The van der Waals surface area contributed by atoms with Gasteiger partial charge in [-0.15, -0.1) is 0 Å². The number of nitrogens with one attached hydrogen (secondary N) is 1. The molecule has 0 radical (unpaired) electrons. The predicted octanol–water partition coefficient (Wildman–Crippen LogP) is 5.94. The Hall–Kier alpha value is -4.67. The molecule has 0 saturated carbocycles. The largest absolute Gasteiger partial charge is 0.488 e. The molecule has 0 amide bonds. The number of nitrogens with zero attached hydrogens (tertiary/aromatic N) is 3. The number of benzene rings is 2. The number of aromatic amines is 1. The lowest BCUT2D eigenvalue weighted by Crippen LogP contribution is -2.08. The molecule has 198 valence electrons. The van der Waals surface area contributed by atoms with E-state index in [9.17, 15) is 22.4 Å². The number of pyridine rings is 1. The maximum Gasteiger partial charge on any atom is 0.439 e. The number of ether oxygens (including phenoxy) is 1. The number of halogens is 4. The first-order valence-corrected chi connectivity index (χ1v) is 12.0. The van der Waals surface area contributed by atoms with Gasteiger partial charge < -0.3 is 9.14 Å². The van der Waals surface area contributed by atoms with E-state index in [2.05, 4.69) is 15.1 Å². The molecule has 2 aromatic carbocycles. The summed E-state index contributed by atoms with van der Waals surface area (Å²) in [6, 6.07) is 12.2. The van der Waals surface area contributed by atoms with Crippen LogP contribution in [-0.2, 0) is 19.2 Å². The van der Waals surface area contributed by atoms with Crippen LogP contribution in [-0.4, -0.2) is 19.5 Å². The summed E-state index contributed by atoms with van der Waals surface area (Å²) in [5.74, 6) is -0.621. The molecule has 0 aliphatic carbocycles. The molecular formula is C28H20F4N4O3. The monoisotopic (exact) mass is 536 g/mol. The van der Waals surface area contributed by atoms with Gasteiger partial charge in [0.05, 0.1) is 11.3 Å². The molecule has 0 spiro atoms. The molecule has 0 fully saturated rings. The van der Waals surface area contributed by atoms with Crippen LogP contribution in [0.5, 0.6) is 5.75 Å². The van der Waals surface area contributed by atoms with Gasteiger partial charge in [-0.2, -0.15) is 13.2 Å². The van der Waals surface area contributed by atoms with Crippen LogP contribution in [0.15, 0.2) is 64.0 Å². The molecule has 0 saturated heterocycles. The third-order valence-corrected chi connectivity index (χ3v) is 6.83. The Morgan fingerprint density at radius 1 is 1.13 bits per heavy atom. The van der Waals surface area contributed by atoms with Crippen molar-refractivity contribution in [2.45, 2.75) is 33.1 Å². The molecule has 11 heteroatoms. The molecule has 39 heavy (non-hydrogen) atoms. The highest BCUT2D eigenvalue weighted by Gasteiger charge is 2.34. The van der Waals surface area contributed by atoms with Crippen LogP contribution in [0.2, 0.25) is 0 Å². The average molecular weight is 536 g/mol. The van der Waals surface area contributed by atoms with E-state index in [1.54, 1.807) is 26.1 Å². The Labute approximate surface area is 218 Å². The minimum atomic E-state index is -4.53. The minimum absolute atomic E-state index is 0.121. The maximum absolute atomic E-state index is 14.1. The number of H-pyrrole nitrogens is 1. The zero-order chi connectivity index (χ0) is 27.5. The van der Waals surface area contributed by atoms with Crippen LogP contribution >= 0.6 is 0 Å². The van der Waals surface area contributed by atoms with Gasteiger partial charge in [0, 0.05) is 35.5 Å². The van der Waals surface area contributed by atoms with Crippen molar-refractivity contribution in [2.75, 3.05) is 0 Å². The van der Waals surface area contributed by atoms with Gasteiger partial charge in [0.15, 0.2) is 5.82 Å². The number of imidazole rings is 1. The van der Waals surface area contributed by atoms with Crippen LogP contribution in [0.3, 0.4) is 0 Å². The molecule has 7 nitrogen and oxygen atoms in total. The van der Waals surface area contributed by atoms with Crippen molar-refractivity contribution >= 4 is 16.8 Å². The molecule has 0 unspecified atom stereocenters. The molecule has 5 aromatic rings. The van der Waals surface area contributed by atoms with Crippen molar-refractivity contribution in [3.8, 4) is 5.75 Å². The first-order valence-electron chi connectivity index (χ1n) is 12.0. The lowest BCUT2D eigenvalue weighted by atomic mass is 9.89. The van der Waals surface area contributed by atoms with E-state index < -0.39 is 23.3 Å². The lowest BCUT2D eigenvalue weighted by Gasteiger charge is -2.14. The minimum Gasteiger partial charge on any atom is -0.488 e. The van der Waals surface area contributed by atoms with Gasteiger partial charge in [-0.3, -0.25) is 9.51 Å². The summed E-state index contributed by atoms with van der Waals surface area (Å²) in [7, 11) is 0. The predicted molar refractivity (Wildman–Crippen MR) is 134 cm³/mol. The van der Waals surface area contributed by atoms with Crippen molar-refractivity contribution in [2.24, 2.45) is 0 Å². The van der Waals surface area contributed by atoms with E-state index in [1.807, 2.05) is 18.2 Å². The molecule has 1 aliphatic heterocycles. The van der Waals surface area contributed by atoms with Gasteiger partial charge in [-0.25, -0.2) is 14.2 Å². The summed E-state index contributed by atoms with van der Waals surface area (Å²) in [5, 5.41) is 3.81. The highest BCUT2D eigenvalue weighted by atomic mass is 19.4. The third-order valence-electron chi connectivity index (χ3n) is 6.83. The number of rotatable bonds is 3. The molecule has 0 bridgehead atoms. The topological polar surface area (TPSA) is 85.4 Å². The molecule has 1 aliphatic rings. The van der Waals surface area contributed by atoms with E-state index in [4.69, 9.17) is 9.26 Å². The Morgan fingerprint density at radius 3 is 2.67 bits per heavy atom. The SMILES string of the molecule is C/C(=C1\c2ccc(Cc3c(C)nc4c(C(F)(F)F)cccn34)cc2COc2cc(F)ccc21)c1noc(=O)[nH]1. The number of alkyl halides is 3. The first-order chi connectivity index (χ1) is 18.6. The average Bonchev–Trinajstić information content (AvgIpc) is 3.41. The number of hydrogen-bond donors (Lipinski definition) is 1. The van der Waals surface area contributed by atoms with E-state index in [0.717, 1.165) is 22.8 Å². The normalized spacial score (nSPS) is 14.5. The number of hydrogen-bond acceptors (Lipinski definition) is 5. The fourth-order valence-corrected chi connectivity index (χ4v) is 5.01. The Kier molecular flexibility index (Phi) is 5.67. The van der Waals surface area contributed by atoms with Gasteiger partial charge in [0.1, 0.15) is 23.8 Å². The van der Waals surface area contributed by atoms with Crippen LogP contribution in [0.4, 0.5) is 17.6 Å². The first kappa shape index (κ1) is 24.7.